The van der Waals surface area contributed by atoms with Gasteiger partial charge < -0.3 is 43.2 Å². The molecule has 0 aliphatic carbocycles. The van der Waals surface area contributed by atoms with Crippen molar-refractivity contribution in [3.63, 3.8) is 0 Å². The van der Waals surface area contributed by atoms with Gasteiger partial charge in [0.15, 0.2) is 5.96 Å². The number of guanidine groups is 1. The Morgan fingerprint density at radius 1 is 0.648 bits per heavy atom. The van der Waals surface area contributed by atoms with Crippen molar-refractivity contribution in [2.24, 2.45) is 16.5 Å². The van der Waals surface area contributed by atoms with E-state index in [0.29, 0.717) is 11.1 Å². The first-order valence-electron chi connectivity index (χ1n) is 17.5. The Morgan fingerprint density at radius 3 is 1.81 bits per heavy atom. The smallest absolute Gasteiger partial charge is 0.243 e. The zero-order valence-corrected chi connectivity index (χ0v) is 29.4. The first-order valence-corrected chi connectivity index (χ1v) is 17.5. The normalized spacial score (nSPS) is 20.0. The summed E-state index contributed by atoms with van der Waals surface area (Å²) in [5.41, 5.74) is 12.8. The van der Waals surface area contributed by atoms with E-state index in [2.05, 4.69) is 31.6 Å². The van der Waals surface area contributed by atoms with Crippen LogP contribution in [0.4, 0.5) is 4.39 Å². The molecule has 14 nitrogen and oxygen atoms in total. The van der Waals surface area contributed by atoms with Crippen LogP contribution in [0.5, 0.6) is 5.75 Å². The van der Waals surface area contributed by atoms with E-state index in [1.165, 1.54) is 36.4 Å². The highest BCUT2D eigenvalue weighted by atomic mass is 19.1. The van der Waals surface area contributed by atoms with Crippen molar-refractivity contribution in [2.75, 3.05) is 13.1 Å². The molecular formula is C39H43FN8O6. The fraction of sp³-hybridized carbons (Fsp3) is 0.282. The van der Waals surface area contributed by atoms with Gasteiger partial charge in [-0.05, 0) is 64.6 Å². The van der Waals surface area contributed by atoms with Crippen LogP contribution in [-0.2, 0) is 43.2 Å². The van der Waals surface area contributed by atoms with Crippen molar-refractivity contribution in [3.05, 3.63) is 114 Å². The molecule has 54 heavy (non-hydrogen) atoms. The van der Waals surface area contributed by atoms with Gasteiger partial charge in [-0.2, -0.15) is 0 Å². The minimum atomic E-state index is -1.28. The second kappa shape index (κ2) is 18.3. The molecule has 15 heteroatoms. The highest BCUT2D eigenvalue weighted by molar-refractivity contribution is 5.97. The molecule has 1 heterocycles. The molecule has 0 radical (unpaired) electrons. The molecule has 4 atom stereocenters. The number of nitrogens with two attached hydrogens (primary N) is 2. The van der Waals surface area contributed by atoms with E-state index < -0.39 is 66.1 Å². The number of nitrogens with one attached hydrogen (secondary N) is 5. The maximum atomic E-state index is 14.1. The molecule has 5 amide bonds. The quantitative estimate of drug-likeness (QED) is 0.0659. The Bertz CT molecular complexity index is 2000. The number of fused-ring (bicyclic) bond motifs is 1. The lowest BCUT2D eigenvalue weighted by atomic mass is 10.00. The van der Waals surface area contributed by atoms with Gasteiger partial charge in [-0.25, -0.2) is 4.39 Å². The van der Waals surface area contributed by atoms with E-state index in [0.717, 1.165) is 16.3 Å². The van der Waals surface area contributed by atoms with Crippen LogP contribution in [0, 0.1) is 5.82 Å². The largest absolute Gasteiger partial charge is 0.508 e. The summed E-state index contributed by atoms with van der Waals surface area (Å²) in [5.74, 6) is -4.18. The van der Waals surface area contributed by atoms with Crippen LogP contribution in [0.25, 0.3) is 10.8 Å². The summed E-state index contributed by atoms with van der Waals surface area (Å²) in [4.78, 5) is 72.9. The average molecular weight is 739 g/mol. The van der Waals surface area contributed by atoms with E-state index in [4.69, 9.17) is 11.5 Å². The van der Waals surface area contributed by atoms with Crippen LogP contribution in [0.1, 0.15) is 29.5 Å². The third-order valence-corrected chi connectivity index (χ3v) is 8.90. The Balaban J connectivity index is 1.49. The van der Waals surface area contributed by atoms with Gasteiger partial charge in [-0.1, -0.05) is 66.7 Å². The van der Waals surface area contributed by atoms with Gasteiger partial charge in [0.05, 0.1) is 6.54 Å². The number of aromatic hydroxyl groups is 1. The molecule has 0 spiro atoms. The molecular weight excluding hydrogens is 695 g/mol. The Kier molecular flexibility index (Phi) is 13.1. The second-order valence-electron chi connectivity index (χ2n) is 13.1. The van der Waals surface area contributed by atoms with Crippen LogP contribution in [0.3, 0.4) is 0 Å². The van der Waals surface area contributed by atoms with E-state index in [1.54, 1.807) is 12.1 Å². The predicted molar refractivity (Wildman–Crippen MR) is 200 cm³/mol. The molecule has 0 unspecified atom stereocenters. The van der Waals surface area contributed by atoms with Gasteiger partial charge >= 0.3 is 0 Å². The van der Waals surface area contributed by atoms with Gasteiger partial charge in [-0.15, -0.1) is 0 Å². The molecule has 1 fully saturated rings. The summed E-state index contributed by atoms with van der Waals surface area (Å²) in [6, 6.07) is 19.8. The SMILES string of the molecule is NC(N)=NCCC[C@@H]1NC(=O)[C@H](Cc2ccc(F)cc2)NC(=O)[C@@H](Cc2ccc(O)cc2)NC(=O)CNC(=O)[C@H](Cc2ccc3ccccc3c2)NC1=O. The summed E-state index contributed by atoms with van der Waals surface area (Å²) >= 11 is 0. The summed E-state index contributed by atoms with van der Waals surface area (Å²) in [7, 11) is 0. The molecule has 1 saturated heterocycles. The fourth-order valence-electron chi connectivity index (χ4n) is 6.08. The summed E-state index contributed by atoms with van der Waals surface area (Å²) in [6.07, 6.45) is 0.244. The Morgan fingerprint density at radius 2 is 1.17 bits per heavy atom. The van der Waals surface area contributed by atoms with Crippen molar-refractivity contribution in [3.8, 4) is 5.75 Å². The zero-order valence-electron chi connectivity index (χ0n) is 29.4. The van der Waals surface area contributed by atoms with Crippen molar-refractivity contribution in [1.82, 2.24) is 26.6 Å². The van der Waals surface area contributed by atoms with Crippen molar-refractivity contribution in [1.29, 1.82) is 0 Å². The van der Waals surface area contributed by atoms with Gasteiger partial charge in [0.2, 0.25) is 29.5 Å². The molecule has 4 aromatic rings. The first-order chi connectivity index (χ1) is 25.9. The molecule has 4 aromatic carbocycles. The molecule has 1 aliphatic rings. The number of benzene rings is 4. The molecule has 0 aromatic heterocycles. The summed E-state index contributed by atoms with van der Waals surface area (Å²) in [6.45, 7) is -0.383. The fourth-order valence-corrected chi connectivity index (χ4v) is 6.08. The van der Waals surface area contributed by atoms with Crippen LogP contribution in [0.15, 0.2) is 96.0 Å². The highest BCUT2D eigenvalue weighted by Crippen LogP contribution is 2.18. The third kappa shape index (κ3) is 11.2. The van der Waals surface area contributed by atoms with Crippen molar-refractivity contribution >= 4 is 46.3 Å². The van der Waals surface area contributed by atoms with Crippen LogP contribution in [0.2, 0.25) is 0 Å². The second-order valence-corrected chi connectivity index (χ2v) is 13.1. The lowest BCUT2D eigenvalue weighted by molar-refractivity contribution is -0.134. The lowest BCUT2D eigenvalue weighted by Crippen LogP contribution is -2.58. The third-order valence-electron chi connectivity index (χ3n) is 8.90. The minimum absolute atomic E-state index is 0.00214. The lowest BCUT2D eigenvalue weighted by Gasteiger charge is -2.26. The zero-order chi connectivity index (χ0) is 38.6. The number of hydrogen-bond donors (Lipinski definition) is 8. The number of aliphatic imine (C=N–C) groups is 1. The summed E-state index contributed by atoms with van der Waals surface area (Å²) < 4.78 is 13.8. The number of carbonyl (C=O) groups is 5. The minimum Gasteiger partial charge on any atom is -0.508 e. The maximum absolute atomic E-state index is 14.1. The monoisotopic (exact) mass is 738 g/mol. The molecule has 0 saturated carbocycles. The van der Waals surface area contributed by atoms with E-state index in [1.807, 2.05) is 42.5 Å². The number of phenolic OH excluding ortho intramolecular Hbond substituents is 1. The maximum Gasteiger partial charge on any atom is 0.243 e. The topological polar surface area (TPSA) is 230 Å². The van der Waals surface area contributed by atoms with E-state index in [9.17, 15) is 33.5 Å². The number of rotatable bonds is 10. The molecule has 1 aliphatic heterocycles. The highest BCUT2D eigenvalue weighted by Gasteiger charge is 2.32. The van der Waals surface area contributed by atoms with Gasteiger partial charge in [0.25, 0.3) is 0 Å². The van der Waals surface area contributed by atoms with Gasteiger partial charge in [0, 0.05) is 25.8 Å². The van der Waals surface area contributed by atoms with Crippen molar-refractivity contribution in [2.45, 2.75) is 56.3 Å². The van der Waals surface area contributed by atoms with Gasteiger partial charge in [0.1, 0.15) is 35.7 Å². The first kappa shape index (κ1) is 38.7. The van der Waals surface area contributed by atoms with Crippen LogP contribution >= 0.6 is 0 Å². The number of phenols is 1. The summed E-state index contributed by atoms with van der Waals surface area (Å²) in [5, 5.41) is 25.1. The van der Waals surface area contributed by atoms with Crippen LogP contribution in [-0.4, -0.2) is 77.9 Å². The Labute approximate surface area is 311 Å². The number of halogens is 1. The number of hydrogen-bond acceptors (Lipinski definition) is 7. The predicted octanol–water partition coefficient (Wildman–Crippen LogP) is 0.835. The Hall–Kier alpha value is -6.51. The molecule has 5 rings (SSSR count). The van der Waals surface area contributed by atoms with Gasteiger partial charge in [-0.3, -0.25) is 29.0 Å². The molecule has 10 N–H and O–H groups in total. The number of nitrogens with zero attached hydrogens (tertiary/aromatic N) is 1. The van der Waals surface area contributed by atoms with E-state index >= 15 is 0 Å². The van der Waals surface area contributed by atoms with E-state index in [-0.39, 0.29) is 50.4 Å². The number of carbonyl (C=O) groups excluding carboxylic acids is 5. The van der Waals surface area contributed by atoms with Crippen molar-refractivity contribution < 1.29 is 33.5 Å². The standard InChI is InChI=1S/C39H43FN8O6/c40-28-13-8-23(9-14-28)20-33-38(54)46-30(6-3-17-43-39(41)42)36(52)47-31(21-25-7-12-26-4-1-2-5-27(26)18-25)35(51)44-22-34(50)45-32(37(53)48-33)19-24-10-15-29(49)16-11-24/h1-2,4-5,7-16,18,30-33,49H,3,6,17,19-22H2,(H,44,51)(H,45,50)(H,46,54)(H,47,52)(H,48,53)(H4,41,42,43)/t30-,31-,32+,33-/m0/s1. The number of amides is 5. The molecule has 282 valence electrons. The average Bonchev–Trinajstić information content (AvgIpc) is 3.15. The molecule has 0 bridgehead atoms. The van der Waals surface area contributed by atoms with Crippen LogP contribution < -0.4 is 38.1 Å².